The quantitative estimate of drug-likeness (QED) is 0.0679. The van der Waals surface area contributed by atoms with Crippen LogP contribution in [0.25, 0.3) is 0 Å². The smallest absolute Gasteiger partial charge is 0.323 e. The van der Waals surface area contributed by atoms with E-state index in [0.717, 1.165) is 25.7 Å². The number of nitrogens with zero attached hydrogens (tertiary/aromatic N) is 3. The number of esters is 6. The fraction of sp³-hybridized carbons (Fsp3) is 0.800. The minimum atomic E-state index is -0.925. The summed E-state index contributed by atoms with van der Waals surface area (Å²) in [5, 5.41) is 8.62. The second-order valence-electron chi connectivity index (χ2n) is 10.8. The molecule has 0 N–H and O–H groups in total. The Kier molecular flexibility index (Phi) is 31.4. The van der Waals surface area contributed by atoms with Crippen LogP contribution in [0.4, 0.5) is 0 Å². The first-order valence-electron chi connectivity index (χ1n) is 17.8. The number of hydrogen-bond donors (Lipinski definition) is 0. The maximum atomic E-state index is 12.3. The van der Waals surface area contributed by atoms with Crippen LogP contribution in [0.1, 0.15) is 106 Å². The van der Waals surface area contributed by atoms with E-state index >= 15 is 0 Å². The molecule has 0 aliphatic carbocycles. The van der Waals surface area contributed by atoms with Crippen molar-refractivity contribution >= 4 is 35.8 Å². The Morgan fingerprint density at radius 3 is 1.20 bits per heavy atom. The molecule has 0 aromatic rings. The van der Waals surface area contributed by atoms with Crippen LogP contribution in [0, 0.1) is 11.3 Å². The summed E-state index contributed by atoms with van der Waals surface area (Å²) in [6.45, 7) is 14.3. The van der Waals surface area contributed by atoms with E-state index in [4.69, 9.17) is 33.7 Å². The summed E-state index contributed by atoms with van der Waals surface area (Å²) in [5.74, 6) is -3.03. The first-order chi connectivity index (χ1) is 24.0. The van der Waals surface area contributed by atoms with E-state index in [1.54, 1.807) is 51.3 Å². The molecule has 0 fully saturated rings. The molecule has 0 saturated heterocycles. The number of ether oxygens (including phenoxy) is 6. The van der Waals surface area contributed by atoms with Gasteiger partial charge >= 0.3 is 35.8 Å². The third kappa shape index (κ3) is 24.4. The average Bonchev–Trinajstić information content (AvgIpc) is 3.06. The van der Waals surface area contributed by atoms with Gasteiger partial charge in [0.05, 0.1) is 71.6 Å². The summed E-state index contributed by atoms with van der Waals surface area (Å²) in [5.41, 5.74) is 0. The summed E-state index contributed by atoms with van der Waals surface area (Å²) in [4.78, 5) is 75.3. The lowest BCUT2D eigenvalue weighted by atomic mass is 10.1. The Morgan fingerprint density at radius 2 is 0.860 bits per heavy atom. The Labute approximate surface area is 298 Å². The van der Waals surface area contributed by atoms with Crippen molar-refractivity contribution in [1.82, 2.24) is 9.80 Å². The first kappa shape index (κ1) is 48.3. The maximum absolute atomic E-state index is 12.3. The molecule has 0 aromatic heterocycles. The van der Waals surface area contributed by atoms with Gasteiger partial charge in [-0.15, -0.1) is 0 Å². The number of unbranched alkanes of at least 4 members (excludes halogenated alkanes) is 5. The molecule has 0 bridgehead atoms. The van der Waals surface area contributed by atoms with Crippen molar-refractivity contribution in [3.63, 3.8) is 0 Å². The Bertz CT molecular complexity index is 1020. The number of carbonyl (C=O) groups is 6. The van der Waals surface area contributed by atoms with Crippen LogP contribution in [-0.4, -0.2) is 124 Å². The van der Waals surface area contributed by atoms with Crippen molar-refractivity contribution in [3.05, 3.63) is 0 Å². The van der Waals surface area contributed by atoms with Gasteiger partial charge in [-0.05, 0) is 73.9 Å². The van der Waals surface area contributed by atoms with E-state index in [2.05, 4.69) is 6.92 Å². The van der Waals surface area contributed by atoms with Crippen LogP contribution in [0.3, 0.4) is 0 Å². The van der Waals surface area contributed by atoms with E-state index in [0.29, 0.717) is 32.4 Å². The predicted molar refractivity (Wildman–Crippen MR) is 183 cm³/mol. The van der Waals surface area contributed by atoms with Crippen molar-refractivity contribution < 1.29 is 57.2 Å². The molecular weight excluding hydrogens is 654 g/mol. The van der Waals surface area contributed by atoms with E-state index in [9.17, 15) is 28.8 Å². The largest absolute Gasteiger partial charge is 0.466 e. The van der Waals surface area contributed by atoms with Gasteiger partial charge in [-0.2, -0.15) is 5.26 Å². The molecule has 2 atom stereocenters. The highest BCUT2D eigenvalue weighted by molar-refractivity contribution is 5.84. The predicted octanol–water partition coefficient (Wildman–Crippen LogP) is 3.75. The lowest BCUT2D eigenvalue weighted by Crippen LogP contribution is -2.47. The highest BCUT2D eigenvalue weighted by Gasteiger charge is 2.33. The van der Waals surface area contributed by atoms with Gasteiger partial charge in [-0.3, -0.25) is 38.6 Å². The lowest BCUT2D eigenvalue weighted by Gasteiger charge is -2.28. The van der Waals surface area contributed by atoms with E-state index in [1.807, 2.05) is 6.07 Å². The molecule has 288 valence electrons. The molecule has 2 unspecified atom stereocenters. The van der Waals surface area contributed by atoms with Gasteiger partial charge in [0, 0.05) is 6.42 Å². The minimum absolute atomic E-state index is 0.0527. The Morgan fingerprint density at radius 1 is 0.500 bits per heavy atom. The van der Waals surface area contributed by atoms with Gasteiger partial charge in [0.25, 0.3) is 0 Å². The molecule has 50 heavy (non-hydrogen) atoms. The van der Waals surface area contributed by atoms with Crippen LogP contribution in [-0.2, 0) is 57.2 Å². The minimum Gasteiger partial charge on any atom is -0.466 e. The molecule has 0 aliphatic heterocycles. The average molecular weight is 716 g/mol. The molecular formula is C35H61N3O12. The zero-order valence-electron chi connectivity index (χ0n) is 31.3. The van der Waals surface area contributed by atoms with Crippen LogP contribution < -0.4 is 0 Å². The zero-order valence-corrected chi connectivity index (χ0v) is 31.3. The number of hydrogen-bond acceptors (Lipinski definition) is 15. The van der Waals surface area contributed by atoms with Gasteiger partial charge in [0.1, 0.15) is 12.1 Å². The van der Waals surface area contributed by atoms with E-state index < -0.39 is 47.9 Å². The van der Waals surface area contributed by atoms with Crippen molar-refractivity contribution in [3.8, 4) is 6.07 Å². The lowest BCUT2D eigenvalue weighted by molar-refractivity contribution is -0.159. The summed E-state index contributed by atoms with van der Waals surface area (Å²) in [7, 11) is 0. The maximum Gasteiger partial charge on any atom is 0.323 e. The molecule has 0 saturated carbocycles. The van der Waals surface area contributed by atoms with Crippen LogP contribution in [0.5, 0.6) is 0 Å². The van der Waals surface area contributed by atoms with Gasteiger partial charge in [0.2, 0.25) is 0 Å². The molecule has 0 spiro atoms. The zero-order chi connectivity index (χ0) is 38.2. The van der Waals surface area contributed by atoms with Crippen molar-refractivity contribution in [2.24, 2.45) is 0 Å². The van der Waals surface area contributed by atoms with E-state index in [-0.39, 0.29) is 65.6 Å². The SMILES string of the molecule is CCCCCCN(CC(=O)OCC)C(CC(=O)OCC)C(=O)OCC.CCOC(=O)CC(C(=O)OCC)N(CCCCC#N)CC(=O)OCC. The second kappa shape index (κ2) is 32.4. The standard InChI is InChI=1S/C18H33NO6.C17H28N2O6/c1-5-9-10-11-12-19(14-17(21)24-7-3)15(18(22)25-8-4)13-16(20)23-6-2;1-4-23-15(20)12-14(17(22)25-6-3)19(11-9-7-8-10-18)13-16(21)24-5-2/h15H,5-14H2,1-4H3;14H,4-9,11-13H2,1-3H3. The Hall–Kier alpha value is -3.77. The normalized spacial score (nSPS) is 11.7. The van der Waals surface area contributed by atoms with Crippen LogP contribution in [0.2, 0.25) is 0 Å². The third-order valence-electron chi connectivity index (χ3n) is 6.89. The molecule has 15 nitrogen and oxygen atoms in total. The fourth-order valence-electron chi connectivity index (χ4n) is 4.65. The van der Waals surface area contributed by atoms with Gasteiger partial charge in [0.15, 0.2) is 0 Å². The summed E-state index contributed by atoms with van der Waals surface area (Å²) < 4.78 is 29.9. The molecule has 0 rings (SSSR count). The second-order valence-corrected chi connectivity index (χ2v) is 10.8. The first-order valence-corrected chi connectivity index (χ1v) is 17.8. The molecule has 0 aliphatic rings. The van der Waals surface area contributed by atoms with Gasteiger partial charge < -0.3 is 28.4 Å². The molecule has 15 heteroatoms. The van der Waals surface area contributed by atoms with Crippen molar-refractivity contribution in [2.45, 2.75) is 118 Å². The highest BCUT2D eigenvalue weighted by atomic mass is 16.6. The number of rotatable bonds is 27. The fourth-order valence-corrected chi connectivity index (χ4v) is 4.65. The summed E-state index contributed by atoms with van der Waals surface area (Å²) in [6.07, 6.45) is 5.25. The topological polar surface area (TPSA) is 188 Å². The monoisotopic (exact) mass is 715 g/mol. The number of carbonyl (C=O) groups excluding carboxylic acids is 6. The van der Waals surface area contributed by atoms with Crippen LogP contribution >= 0.6 is 0 Å². The van der Waals surface area contributed by atoms with Crippen LogP contribution in [0.15, 0.2) is 0 Å². The van der Waals surface area contributed by atoms with Gasteiger partial charge in [-0.25, -0.2) is 0 Å². The number of nitriles is 1. The van der Waals surface area contributed by atoms with Crippen molar-refractivity contribution in [1.29, 1.82) is 5.26 Å². The van der Waals surface area contributed by atoms with Gasteiger partial charge in [-0.1, -0.05) is 26.2 Å². The summed E-state index contributed by atoms with van der Waals surface area (Å²) >= 11 is 0. The molecule has 0 radical (unpaired) electrons. The Balaban J connectivity index is 0. The molecule has 0 heterocycles. The third-order valence-corrected chi connectivity index (χ3v) is 6.89. The summed E-state index contributed by atoms with van der Waals surface area (Å²) in [6, 6.07) is 0.280. The molecule has 0 aromatic carbocycles. The highest BCUT2D eigenvalue weighted by Crippen LogP contribution is 2.13. The van der Waals surface area contributed by atoms with Crippen molar-refractivity contribution in [2.75, 3.05) is 65.8 Å². The molecule has 0 amide bonds. The van der Waals surface area contributed by atoms with E-state index in [1.165, 1.54) is 0 Å².